The van der Waals surface area contributed by atoms with Crippen molar-refractivity contribution in [2.45, 2.75) is 32.8 Å². The monoisotopic (exact) mass is 608 g/mol. The number of benzene rings is 3. The number of hydrogen-bond acceptors (Lipinski definition) is 6. The summed E-state index contributed by atoms with van der Waals surface area (Å²) in [4.78, 5) is 35.3. The standard InChI is InChI=1S/C17H22NO3.C15H15NO2.BrH/c1-13(19)21-17-12-18(9-7-15(17)8-10-18)11-16(20)14-5-3-2-4-6-14;1-2-18-15(17)12-7-6-10-14(11-12)16-13-8-4-3-5-9-13;/h2-6,15,17H,7-12H2,1H3;3-11,16H,2H2,1H3;1H/q+1;;/p-1. The van der Waals surface area contributed by atoms with Gasteiger partial charge in [-0.25, -0.2) is 4.79 Å². The number of quaternary nitrogens is 1. The van der Waals surface area contributed by atoms with Gasteiger partial charge in [0.15, 0.2) is 6.10 Å². The number of nitrogens with zero attached hydrogens (tertiary/aromatic N) is 1. The lowest BCUT2D eigenvalue weighted by molar-refractivity contribution is -0.938. The van der Waals surface area contributed by atoms with Crippen LogP contribution in [0, 0.1) is 5.92 Å². The van der Waals surface area contributed by atoms with Crippen molar-refractivity contribution in [2.24, 2.45) is 5.92 Å². The number of carbonyl (C=O) groups excluding carboxylic acids is 3. The molecule has 7 nitrogen and oxygen atoms in total. The Labute approximate surface area is 246 Å². The van der Waals surface area contributed by atoms with Gasteiger partial charge >= 0.3 is 11.9 Å². The fraction of sp³-hybridized carbons (Fsp3) is 0.344. The highest BCUT2D eigenvalue weighted by atomic mass is 79.9. The Hall–Kier alpha value is -3.49. The van der Waals surface area contributed by atoms with Crippen molar-refractivity contribution >= 4 is 29.1 Å². The normalized spacial score (nSPS) is 20.6. The van der Waals surface area contributed by atoms with Crippen LogP contribution in [0.25, 0.3) is 0 Å². The smallest absolute Gasteiger partial charge is 0.338 e. The first kappa shape index (κ1) is 31.0. The van der Waals surface area contributed by atoms with E-state index in [2.05, 4.69) is 5.32 Å². The lowest BCUT2D eigenvalue weighted by Gasteiger charge is -2.51. The van der Waals surface area contributed by atoms with Crippen LogP contribution in [0.2, 0.25) is 0 Å². The number of piperidine rings is 3. The summed E-state index contributed by atoms with van der Waals surface area (Å²) in [5.74, 6) is 0.175. The number of halogens is 1. The van der Waals surface area contributed by atoms with Gasteiger partial charge < -0.3 is 36.3 Å². The molecule has 40 heavy (non-hydrogen) atoms. The number of ketones is 1. The van der Waals surface area contributed by atoms with Gasteiger partial charge in [-0.2, -0.15) is 0 Å². The number of fused-ring (bicyclic) bond motifs is 3. The van der Waals surface area contributed by atoms with E-state index in [9.17, 15) is 14.4 Å². The van der Waals surface area contributed by atoms with Gasteiger partial charge in [-0.3, -0.25) is 9.59 Å². The van der Waals surface area contributed by atoms with Crippen LogP contribution < -0.4 is 22.3 Å². The Bertz CT molecular complexity index is 1260. The molecule has 1 unspecified atom stereocenters. The molecule has 212 valence electrons. The average molecular weight is 610 g/mol. The minimum atomic E-state index is -0.297. The topological polar surface area (TPSA) is 81.7 Å². The van der Waals surface area contributed by atoms with E-state index in [-0.39, 0.29) is 40.8 Å². The van der Waals surface area contributed by atoms with E-state index in [1.165, 1.54) is 6.92 Å². The minimum Gasteiger partial charge on any atom is -1.00 e. The molecule has 0 spiro atoms. The summed E-state index contributed by atoms with van der Waals surface area (Å²) in [5, 5.41) is 3.23. The second-order valence-corrected chi connectivity index (χ2v) is 10.2. The number of anilines is 2. The zero-order valence-corrected chi connectivity index (χ0v) is 24.6. The van der Waals surface area contributed by atoms with Gasteiger partial charge in [-0.1, -0.05) is 54.6 Å². The van der Waals surface area contributed by atoms with Crippen molar-refractivity contribution < 1.29 is 45.3 Å². The van der Waals surface area contributed by atoms with Gasteiger partial charge in [0.05, 0.1) is 25.3 Å². The Morgan fingerprint density at radius 3 is 2.08 bits per heavy atom. The molecule has 0 aromatic heterocycles. The van der Waals surface area contributed by atoms with Crippen LogP contribution in [0.15, 0.2) is 84.9 Å². The first-order chi connectivity index (χ1) is 18.9. The fourth-order valence-electron chi connectivity index (χ4n) is 5.44. The van der Waals surface area contributed by atoms with Crippen LogP contribution >= 0.6 is 0 Å². The molecule has 2 bridgehead atoms. The zero-order chi connectivity index (χ0) is 27.7. The first-order valence-corrected chi connectivity index (χ1v) is 13.6. The molecule has 3 aromatic carbocycles. The van der Waals surface area contributed by atoms with E-state index in [0.29, 0.717) is 24.6 Å². The van der Waals surface area contributed by atoms with Crippen LogP contribution in [0.3, 0.4) is 0 Å². The molecule has 6 rings (SSSR count). The molecule has 3 heterocycles. The van der Waals surface area contributed by atoms with E-state index in [4.69, 9.17) is 9.47 Å². The van der Waals surface area contributed by atoms with Crippen LogP contribution in [0.1, 0.15) is 47.4 Å². The van der Waals surface area contributed by atoms with E-state index in [1.807, 2.05) is 72.8 Å². The highest BCUT2D eigenvalue weighted by Crippen LogP contribution is 2.35. The second kappa shape index (κ2) is 14.8. The van der Waals surface area contributed by atoms with Gasteiger partial charge in [0.1, 0.15) is 13.1 Å². The van der Waals surface area contributed by atoms with E-state index in [0.717, 1.165) is 53.9 Å². The summed E-state index contributed by atoms with van der Waals surface area (Å²) in [6, 6.07) is 26.6. The molecule has 0 radical (unpaired) electrons. The van der Waals surface area contributed by atoms with E-state index < -0.39 is 0 Å². The van der Waals surface area contributed by atoms with Crippen LogP contribution in [-0.4, -0.2) is 61.1 Å². The predicted molar refractivity (Wildman–Crippen MR) is 151 cm³/mol. The van der Waals surface area contributed by atoms with Crippen molar-refractivity contribution in [1.29, 1.82) is 0 Å². The highest BCUT2D eigenvalue weighted by Gasteiger charge is 2.48. The van der Waals surface area contributed by atoms with Crippen molar-refractivity contribution in [1.82, 2.24) is 0 Å². The maximum atomic E-state index is 12.5. The summed E-state index contributed by atoms with van der Waals surface area (Å²) in [6.07, 6.45) is 2.11. The lowest BCUT2D eigenvalue weighted by atomic mass is 9.83. The van der Waals surface area contributed by atoms with Gasteiger partial charge in [-0.05, 0) is 37.3 Å². The highest BCUT2D eigenvalue weighted by molar-refractivity contribution is 5.97. The maximum Gasteiger partial charge on any atom is 0.338 e. The SMILES string of the molecule is CC(=O)OC1C[N+]2(CC(=O)c3ccccc3)CCC1CC2.CCOC(=O)c1cccc(Nc2ccccc2)c1.[Br-]. The molecule has 8 heteroatoms. The number of para-hydroxylation sites is 1. The Balaban J connectivity index is 0.000000218. The molecule has 3 aromatic rings. The molecule has 1 N–H and O–H groups in total. The number of nitrogens with one attached hydrogen (secondary N) is 1. The fourth-order valence-corrected chi connectivity index (χ4v) is 5.44. The molecule has 0 saturated carbocycles. The number of rotatable bonds is 8. The number of carbonyl (C=O) groups is 3. The van der Waals surface area contributed by atoms with Crippen molar-refractivity contribution in [3.8, 4) is 0 Å². The predicted octanol–water partition coefficient (Wildman–Crippen LogP) is 2.65. The molecule has 0 amide bonds. The summed E-state index contributed by atoms with van der Waals surface area (Å²) >= 11 is 0. The summed E-state index contributed by atoms with van der Waals surface area (Å²) in [7, 11) is 0. The summed E-state index contributed by atoms with van der Waals surface area (Å²) in [5.41, 5.74) is 3.18. The molecular weight excluding hydrogens is 572 g/mol. The molecule has 3 fully saturated rings. The first-order valence-electron chi connectivity index (χ1n) is 13.6. The Morgan fingerprint density at radius 1 is 0.850 bits per heavy atom. The van der Waals surface area contributed by atoms with Crippen LogP contribution in [0.4, 0.5) is 11.4 Å². The third-order valence-electron chi connectivity index (χ3n) is 7.37. The zero-order valence-electron chi connectivity index (χ0n) is 23.1. The summed E-state index contributed by atoms with van der Waals surface area (Å²) < 4.78 is 11.2. The van der Waals surface area contributed by atoms with Crippen molar-refractivity contribution in [3.05, 3.63) is 96.1 Å². The summed E-state index contributed by atoms with van der Waals surface area (Å²) in [6.45, 7) is 7.02. The Kier molecular flexibility index (Phi) is 11.5. The van der Waals surface area contributed by atoms with Crippen molar-refractivity contribution in [2.75, 3.05) is 38.1 Å². The molecule has 3 aliphatic rings. The molecule has 3 saturated heterocycles. The maximum absolute atomic E-state index is 12.5. The lowest BCUT2D eigenvalue weighted by Crippen LogP contribution is -3.00. The number of Topliss-reactive ketones (excluding diaryl/α,β-unsaturated/α-hetero) is 1. The van der Waals surface area contributed by atoms with Gasteiger partial charge in [0, 0.05) is 42.6 Å². The van der Waals surface area contributed by atoms with E-state index in [1.54, 1.807) is 19.1 Å². The molecule has 3 aliphatic heterocycles. The van der Waals surface area contributed by atoms with Crippen molar-refractivity contribution in [3.63, 3.8) is 0 Å². The van der Waals surface area contributed by atoms with E-state index >= 15 is 0 Å². The minimum absolute atomic E-state index is 0. The van der Waals surface area contributed by atoms with Crippen LogP contribution in [-0.2, 0) is 14.3 Å². The van der Waals surface area contributed by atoms with Gasteiger partial charge in [0.25, 0.3) is 0 Å². The van der Waals surface area contributed by atoms with Gasteiger partial charge in [0.2, 0.25) is 5.78 Å². The quantitative estimate of drug-likeness (QED) is 0.241. The number of hydrogen-bond donors (Lipinski definition) is 1. The molecule has 0 aliphatic carbocycles. The van der Waals surface area contributed by atoms with Crippen LogP contribution in [0.5, 0.6) is 0 Å². The largest absolute Gasteiger partial charge is 1.00 e. The average Bonchev–Trinajstić information content (AvgIpc) is 2.95. The third kappa shape index (κ3) is 8.50. The number of esters is 2. The molecular formula is C32H37BrN2O5. The molecule has 1 atom stereocenters. The second-order valence-electron chi connectivity index (χ2n) is 10.2. The number of ether oxygens (including phenoxy) is 2. The third-order valence-corrected chi connectivity index (χ3v) is 7.37. The Morgan fingerprint density at radius 2 is 1.45 bits per heavy atom. The van der Waals surface area contributed by atoms with Gasteiger partial charge in [-0.15, -0.1) is 0 Å².